The summed E-state index contributed by atoms with van der Waals surface area (Å²) >= 11 is 0. The molecule has 0 aromatic heterocycles. The molecule has 0 heterocycles. The first-order valence-electron chi connectivity index (χ1n) is 6.16. The predicted molar refractivity (Wildman–Crippen MR) is 59.2 cm³/mol. The van der Waals surface area contributed by atoms with Crippen LogP contribution in [-0.4, -0.2) is 10.7 Å². The Bertz CT molecular complexity index is 222. The third-order valence-corrected chi connectivity index (χ3v) is 3.76. The first-order chi connectivity index (χ1) is 6.73. The summed E-state index contributed by atoms with van der Waals surface area (Å²) in [5.74, 6) is 0. The minimum absolute atomic E-state index is 0.350. The highest BCUT2D eigenvalue weighted by atomic mass is 16.3. The van der Waals surface area contributed by atoms with Gasteiger partial charge in [0.15, 0.2) is 0 Å². The standard InChI is InChI=1S/C13H22O/c1-2-8-13(14)9-11-6-4-3-5-7-12(11)10-13/h14H,2-10H2,1H3. The van der Waals surface area contributed by atoms with E-state index in [0.29, 0.717) is 0 Å². The zero-order valence-electron chi connectivity index (χ0n) is 9.31. The number of hydrogen-bond acceptors (Lipinski definition) is 1. The molecule has 0 unspecified atom stereocenters. The van der Waals surface area contributed by atoms with Crippen LogP contribution >= 0.6 is 0 Å². The molecule has 0 spiro atoms. The monoisotopic (exact) mass is 194 g/mol. The number of aliphatic hydroxyl groups is 1. The normalized spacial score (nSPS) is 26.1. The summed E-state index contributed by atoms with van der Waals surface area (Å²) in [6.07, 6.45) is 10.7. The molecule has 0 aromatic carbocycles. The van der Waals surface area contributed by atoms with Gasteiger partial charge in [0, 0.05) is 0 Å². The van der Waals surface area contributed by atoms with Crippen molar-refractivity contribution < 1.29 is 5.11 Å². The van der Waals surface area contributed by atoms with Gasteiger partial charge in [0.25, 0.3) is 0 Å². The Morgan fingerprint density at radius 2 is 1.64 bits per heavy atom. The van der Waals surface area contributed by atoms with Crippen LogP contribution in [0.25, 0.3) is 0 Å². The second-order valence-electron chi connectivity index (χ2n) is 5.10. The van der Waals surface area contributed by atoms with E-state index in [1.165, 1.54) is 32.1 Å². The summed E-state index contributed by atoms with van der Waals surface area (Å²) in [5.41, 5.74) is 2.87. The molecule has 0 amide bonds. The van der Waals surface area contributed by atoms with Crippen LogP contribution in [0.5, 0.6) is 0 Å². The highest BCUT2D eigenvalue weighted by Crippen LogP contribution is 2.43. The summed E-state index contributed by atoms with van der Waals surface area (Å²) in [4.78, 5) is 0. The number of hydrogen-bond donors (Lipinski definition) is 1. The molecule has 1 heteroatoms. The molecular formula is C13H22O. The van der Waals surface area contributed by atoms with Gasteiger partial charge >= 0.3 is 0 Å². The van der Waals surface area contributed by atoms with Crippen LogP contribution in [0, 0.1) is 0 Å². The lowest BCUT2D eigenvalue weighted by atomic mass is 9.92. The maximum Gasteiger partial charge on any atom is 0.0721 e. The van der Waals surface area contributed by atoms with Gasteiger partial charge in [-0.05, 0) is 44.9 Å². The van der Waals surface area contributed by atoms with E-state index in [0.717, 1.165) is 25.7 Å². The van der Waals surface area contributed by atoms with Crippen molar-refractivity contribution in [2.45, 2.75) is 70.3 Å². The molecule has 2 rings (SSSR count). The summed E-state index contributed by atoms with van der Waals surface area (Å²) < 4.78 is 0. The van der Waals surface area contributed by atoms with Crippen LogP contribution in [-0.2, 0) is 0 Å². The molecule has 0 aliphatic heterocycles. The summed E-state index contributed by atoms with van der Waals surface area (Å²) in [5, 5.41) is 10.4. The van der Waals surface area contributed by atoms with E-state index in [2.05, 4.69) is 6.92 Å². The molecule has 2 aliphatic rings. The lowest BCUT2D eigenvalue weighted by Crippen LogP contribution is -2.25. The molecule has 0 fully saturated rings. The molecule has 0 saturated carbocycles. The minimum atomic E-state index is -0.350. The van der Waals surface area contributed by atoms with Crippen LogP contribution in [0.2, 0.25) is 0 Å². The first-order valence-corrected chi connectivity index (χ1v) is 6.16. The van der Waals surface area contributed by atoms with Gasteiger partial charge < -0.3 is 5.11 Å². The molecular weight excluding hydrogens is 172 g/mol. The fraction of sp³-hybridized carbons (Fsp3) is 0.846. The molecule has 14 heavy (non-hydrogen) atoms. The fourth-order valence-electron chi connectivity index (χ4n) is 3.13. The van der Waals surface area contributed by atoms with Crippen LogP contribution in [0.4, 0.5) is 0 Å². The molecule has 1 nitrogen and oxygen atoms in total. The largest absolute Gasteiger partial charge is 0.389 e. The lowest BCUT2D eigenvalue weighted by molar-refractivity contribution is 0.0400. The van der Waals surface area contributed by atoms with Gasteiger partial charge in [-0.2, -0.15) is 0 Å². The van der Waals surface area contributed by atoms with Crippen molar-refractivity contribution in [1.29, 1.82) is 0 Å². The molecule has 0 atom stereocenters. The second kappa shape index (κ2) is 4.06. The molecule has 2 aliphatic carbocycles. The van der Waals surface area contributed by atoms with Gasteiger partial charge in [0.2, 0.25) is 0 Å². The Morgan fingerprint density at radius 3 is 2.14 bits per heavy atom. The van der Waals surface area contributed by atoms with Gasteiger partial charge in [-0.1, -0.05) is 30.9 Å². The molecule has 80 valence electrons. The fourth-order valence-corrected chi connectivity index (χ4v) is 3.13. The Labute approximate surface area is 87.2 Å². The molecule has 0 aromatic rings. The third kappa shape index (κ3) is 2.03. The zero-order chi connectivity index (χ0) is 10.0. The molecule has 1 N–H and O–H groups in total. The molecule has 0 saturated heterocycles. The topological polar surface area (TPSA) is 20.2 Å². The maximum absolute atomic E-state index is 10.4. The van der Waals surface area contributed by atoms with Crippen molar-refractivity contribution in [2.24, 2.45) is 0 Å². The Morgan fingerprint density at radius 1 is 1.07 bits per heavy atom. The summed E-state index contributed by atoms with van der Waals surface area (Å²) in [6.45, 7) is 2.17. The Balaban J connectivity index is 2.03. The van der Waals surface area contributed by atoms with Gasteiger partial charge in [-0.3, -0.25) is 0 Å². The van der Waals surface area contributed by atoms with E-state index >= 15 is 0 Å². The van der Waals surface area contributed by atoms with Gasteiger partial charge in [-0.15, -0.1) is 0 Å². The van der Waals surface area contributed by atoms with Crippen molar-refractivity contribution in [2.75, 3.05) is 0 Å². The highest BCUT2D eigenvalue weighted by molar-refractivity contribution is 5.26. The van der Waals surface area contributed by atoms with E-state index in [1.807, 2.05) is 0 Å². The third-order valence-electron chi connectivity index (χ3n) is 3.76. The van der Waals surface area contributed by atoms with E-state index in [1.54, 1.807) is 11.1 Å². The maximum atomic E-state index is 10.4. The first kappa shape index (κ1) is 10.2. The highest BCUT2D eigenvalue weighted by Gasteiger charge is 2.35. The SMILES string of the molecule is CCCC1(O)CC2=C(CCCCC2)C1. The van der Waals surface area contributed by atoms with E-state index in [9.17, 15) is 5.11 Å². The minimum Gasteiger partial charge on any atom is -0.389 e. The van der Waals surface area contributed by atoms with Crippen LogP contribution < -0.4 is 0 Å². The number of rotatable bonds is 2. The summed E-state index contributed by atoms with van der Waals surface area (Å²) in [6, 6.07) is 0. The van der Waals surface area contributed by atoms with Crippen LogP contribution in [0.3, 0.4) is 0 Å². The van der Waals surface area contributed by atoms with E-state index in [-0.39, 0.29) is 5.60 Å². The average molecular weight is 194 g/mol. The summed E-state index contributed by atoms with van der Waals surface area (Å²) in [7, 11) is 0. The van der Waals surface area contributed by atoms with E-state index < -0.39 is 0 Å². The van der Waals surface area contributed by atoms with Gasteiger partial charge in [0.1, 0.15) is 0 Å². The van der Waals surface area contributed by atoms with Crippen LogP contribution in [0.1, 0.15) is 64.7 Å². The predicted octanol–water partition coefficient (Wildman–Crippen LogP) is 3.57. The Hall–Kier alpha value is -0.300. The smallest absolute Gasteiger partial charge is 0.0721 e. The quantitative estimate of drug-likeness (QED) is 0.666. The van der Waals surface area contributed by atoms with Crippen molar-refractivity contribution >= 4 is 0 Å². The second-order valence-corrected chi connectivity index (χ2v) is 5.10. The van der Waals surface area contributed by atoms with Crippen molar-refractivity contribution in [3.05, 3.63) is 11.1 Å². The van der Waals surface area contributed by atoms with Gasteiger partial charge in [-0.25, -0.2) is 0 Å². The molecule has 0 bridgehead atoms. The van der Waals surface area contributed by atoms with Gasteiger partial charge in [0.05, 0.1) is 5.60 Å². The lowest BCUT2D eigenvalue weighted by Gasteiger charge is -2.23. The van der Waals surface area contributed by atoms with Crippen molar-refractivity contribution in [3.63, 3.8) is 0 Å². The average Bonchev–Trinajstić information content (AvgIpc) is 2.31. The van der Waals surface area contributed by atoms with E-state index in [4.69, 9.17) is 0 Å². The van der Waals surface area contributed by atoms with Crippen molar-refractivity contribution in [1.82, 2.24) is 0 Å². The zero-order valence-corrected chi connectivity index (χ0v) is 9.31. The molecule has 0 radical (unpaired) electrons. The Kier molecular flexibility index (Phi) is 2.96. The van der Waals surface area contributed by atoms with Crippen LogP contribution in [0.15, 0.2) is 11.1 Å². The van der Waals surface area contributed by atoms with Crippen molar-refractivity contribution in [3.8, 4) is 0 Å².